The molecule has 4 amide bonds. The minimum atomic E-state index is -0.838. The molecule has 0 aliphatic carbocycles. The first kappa shape index (κ1) is 30.6. The second-order valence-corrected chi connectivity index (χ2v) is 10.3. The van der Waals surface area contributed by atoms with Crippen molar-refractivity contribution in [2.24, 2.45) is 0 Å². The highest BCUT2D eigenvalue weighted by molar-refractivity contribution is 9.10. The predicted octanol–water partition coefficient (Wildman–Crippen LogP) is 6.05. The molecule has 10 nitrogen and oxygen atoms in total. The first-order valence-electron chi connectivity index (χ1n) is 12.4. The molecule has 0 heterocycles. The van der Waals surface area contributed by atoms with Crippen LogP contribution in [0.2, 0.25) is 0 Å². The van der Waals surface area contributed by atoms with E-state index >= 15 is 0 Å². The number of para-hydroxylation sites is 2. The van der Waals surface area contributed by atoms with E-state index in [1.165, 1.54) is 0 Å². The second-order valence-electron chi connectivity index (χ2n) is 9.38. The molecule has 0 aliphatic heterocycles. The molecule has 2 rings (SSSR count). The number of benzene rings is 2. The molecule has 0 bridgehead atoms. The van der Waals surface area contributed by atoms with E-state index in [0.29, 0.717) is 36.3 Å². The molecule has 0 unspecified atom stereocenters. The molecule has 0 spiro atoms. The van der Waals surface area contributed by atoms with E-state index < -0.39 is 23.8 Å². The molecule has 1 atom stereocenters. The molecular formula is C27H35BrN4O6. The summed E-state index contributed by atoms with van der Waals surface area (Å²) in [6.45, 7) is 7.14. The van der Waals surface area contributed by atoms with Gasteiger partial charge in [0.1, 0.15) is 11.6 Å². The molecule has 0 saturated heterocycles. The monoisotopic (exact) mass is 590 g/mol. The van der Waals surface area contributed by atoms with Gasteiger partial charge in [-0.15, -0.1) is 0 Å². The lowest BCUT2D eigenvalue weighted by molar-refractivity contribution is -0.118. The summed E-state index contributed by atoms with van der Waals surface area (Å²) in [5.74, 6) is -0.639. The van der Waals surface area contributed by atoms with Crippen molar-refractivity contribution in [2.75, 3.05) is 22.6 Å². The van der Waals surface area contributed by atoms with Crippen LogP contribution < -0.4 is 21.3 Å². The molecule has 0 aliphatic rings. The highest BCUT2D eigenvalue weighted by Crippen LogP contribution is 2.23. The zero-order valence-electron chi connectivity index (χ0n) is 22.1. The first-order chi connectivity index (χ1) is 18.0. The van der Waals surface area contributed by atoms with Crippen LogP contribution in [0.4, 0.5) is 26.7 Å². The minimum absolute atomic E-state index is 0.177. The number of carbonyl (C=O) groups excluding carboxylic acids is 4. The highest BCUT2D eigenvalue weighted by Gasteiger charge is 2.22. The quantitative estimate of drug-likeness (QED) is 0.235. The lowest BCUT2D eigenvalue weighted by Gasteiger charge is -2.20. The van der Waals surface area contributed by atoms with Crippen LogP contribution >= 0.6 is 15.9 Å². The van der Waals surface area contributed by atoms with Crippen LogP contribution in [0.5, 0.6) is 0 Å². The van der Waals surface area contributed by atoms with E-state index in [1.54, 1.807) is 70.2 Å². The van der Waals surface area contributed by atoms with Crippen molar-refractivity contribution in [1.82, 2.24) is 5.32 Å². The third-order valence-electron chi connectivity index (χ3n) is 4.96. The molecule has 0 radical (unpaired) electrons. The van der Waals surface area contributed by atoms with E-state index in [1.807, 2.05) is 6.07 Å². The number of hydrogen-bond acceptors (Lipinski definition) is 6. The van der Waals surface area contributed by atoms with Crippen LogP contribution in [0.25, 0.3) is 0 Å². The lowest BCUT2D eigenvalue weighted by atomic mass is 10.1. The summed E-state index contributed by atoms with van der Waals surface area (Å²) in [6.07, 6.45) is 0.143. The summed E-state index contributed by atoms with van der Waals surface area (Å²) < 4.78 is 11.0. The van der Waals surface area contributed by atoms with Gasteiger partial charge in [0.15, 0.2) is 0 Å². The number of alkyl carbamates (subject to hydrolysis) is 1. The SMILES string of the molecule is CCOC(=O)N[C@@H](CCCCC(=O)Nc1ccccc1NC(=O)OC(C)(C)C)C(=O)Nc1cccc(Br)c1. The number of halogens is 1. The van der Waals surface area contributed by atoms with Crippen molar-refractivity contribution in [1.29, 1.82) is 0 Å². The van der Waals surface area contributed by atoms with Gasteiger partial charge >= 0.3 is 12.2 Å². The maximum Gasteiger partial charge on any atom is 0.412 e. The zero-order valence-corrected chi connectivity index (χ0v) is 23.6. The summed E-state index contributed by atoms with van der Waals surface area (Å²) in [4.78, 5) is 49.5. The van der Waals surface area contributed by atoms with Crippen molar-refractivity contribution in [2.45, 2.75) is 65.0 Å². The second kappa shape index (κ2) is 15.0. The molecule has 2 aromatic carbocycles. The van der Waals surface area contributed by atoms with Gasteiger partial charge in [-0.3, -0.25) is 14.9 Å². The average molecular weight is 592 g/mol. The summed E-state index contributed by atoms with van der Waals surface area (Å²) in [5.41, 5.74) is 0.784. The van der Waals surface area contributed by atoms with Crippen LogP contribution in [0.3, 0.4) is 0 Å². The summed E-state index contributed by atoms with van der Waals surface area (Å²) >= 11 is 3.36. The number of nitrogens with one attached hydrogen (secondary N) is 4. The molecule has 38 heavy (non-hydrogen) atoms. The Kier molecular flexibility index (Phi) is 12.1. The summed E-state index contributed by atoms with van der Waals surface area (Å²) in [7, 11) is 0. The van der Waals surface area contributed by atoms with E-state index in [2.05, 4.69) is 37.2 Å². The molecular weight excluding hydrogens is 556 g/mol. The van der Waals surface area contributed by atoms with Crippen LogP contribution in [-0.2, 0) is 19.1 Å². The first-order valence-corrected chi connectivity index (χ1v) is 13.1. The summed E-state index contributed by atoms with van der Waals surface area (Å²) in [5, 5.41) is 10.8. The van der Waals surface area contributed by atoms with E-state index in [9.17, 15) is 19.2 Å². The summed E-state index contributed by atoms with van der Waals surface area (Å²) in [6, 6.07) is 13.1. The van der Waals surface area contributed by atoms with Crippen molar-refractivity contribution < 1.29 is 28.7 Å². The fraction of sp³-hybridized carbons (Fsp3) is 0.407. The van der Waals surface area contributed by atoms with Gasteiger partial charge in [-0.05, 0) is 70.9 Å². The van der Waals surface area contributed by atoms with Gasteiger partial charge in [-0.1, -0.05) is 40.5 Å². The highest BCUT2D eigenvalue weighted by atomic mass is 79.9. The predicted molar refractivity (Wildman–Crippen MR) is 150 cm³/mol. The van der Waals surface area contributed by atoms with Gasteiger partial charge in [0.2, 0.25) is 11.8 Å². The van der Waals surface area contributed by atoms with Gasteiger partial charge in [0, 0.05) is 16.6 Å². The number of rotatable bonds is 11. The third kappa shape index (κ3) is 11.6. The molecule has 0 fully saturated rings. The number of hydrogen-bond donors (Lipinski definition) is 4. The van der Waals surface area contributed by atoms with Crippen molar-refractivity contribution in [3.63, 3.8) is 0 Å². The van der Waals surface area contributed by atoms with Crippen LogP contribution in [-0.4, -0.2) is 42.3 Å². The third-order valence-corrected chi connectivity index (χ3v) is 5.45. The van der Waals surface area contributed by atoms with Crippen molar-refractivity contribution >= 4 is 57.0 Å². The Morgan fingerprint density at radius 2 is 1.58 bits per heavy atom. The molecule has 2 aromatic rings. The van der Waals surface area contributed by atoms with Gasteiger partial charge in [0.25, 0.3) is 0 Å². The van der Waals surface area contributed by atoms with E-state index in [-0.39, 0.29) is 24.8 Å². The van der Waals surface area contributed by atoms with Crippen LogP contribution in [0.15, 0.2) is 53.0 Å². The molecule has 0 saturated carbocycles. The molecule has 4 N–H and O–H groups in total. The Hall–Kier alpha value is -3.60. The topological polar surface area (TPSA) is 135 Å². The maximum atomic E-state index is 12.8. The van der Waals surface area contributed by atoms with Crippen molar-refractivity contribution in [3.8, 4) is 0 Å². The number of anilines is 3. The van der Waals surface area contributed by atoms with Gasteiger partial charge in [-0.25, -0.2) is 9.59 Å². The molecule has 0 aromatic heterocycles. The van der Waals surface area contributed by atoms with Gasteiger partial charge in [0.05, 0.1) is 18.0 Å². The number of amides is 4. The fourth-order valence-electron chi connectivity index (χ4n) is 3.34. The normalized spacial score (nSPS) is 11.6. The Morgan fingerprint density at radius 1 is 0.895 bits per heavy atom. The van der Waals surface area contributed by atoms with Gasteiger partial charge < -0.3 is 25.4 Å². The number of unbranched alkanes of at least 4 members (excludes halogenated alkanes) is 1. The fourth-order valence-corrected chi connectivity index (χ4v) is 3.74. The lowest BCUT2D eigenvalue weighted by Crippen LogP contribution is -2.44. The smallest absolute Gasteiger partial charge is 0.412 e. The number of carbonyl (C=O) groups is 4. The molecule has 206 valence electrons. The maximum absolute atomic E-state index is 12.8. The van der Waals surface area contributed by atoms with Gasteiger partial charge in [-0.2, -0.15) is 0 Å². The van der Waals surface area contributed by atoms with Crippen LogP contribution in [0, 0.1) is 0 Å². The Bertz CT molecular complexity index is 1120. The van der Waals surface area contributed by atoms with E-state index in [4.69, 9.17) is 9.47 Å². The minimum Gasteiger partial charge on any atom is -0.450 e. The zero-order chi connectivity index (χ0) is 28.1. The Morgan fingerprint density at radius 3 is 2.21 bits per heavy atom. The Labute approximate surface area is 231 Å². The largest absolute Gasteiger partial charge is 0.450 e. The Balaban J connectivity index is 1.90. The molecule has 11 heteroatoms. The standard InChI is InChI=1S/C27H35BrN4O6/c1-5-37-25(35)32-22(24(34)29-19-12-10-11-18(28)17-19)15-8-9-16-23(33)30-20-13-6-7-14-21(20)31-26(36)38-27(2,3)4/h6-7,10-14,17,22H,5,8-9,15-16H2,1-4H3,(H,29,34)(H,30,33)(H,31,36)(H,32,35)/t22-/m0/s1. The number of ether oxygens (including phenoxy) is 2. The van der Waals surface area contributed by atoms with E-state index in [0.717, 1.165) is 4.47 Å². The van der Waals surface area contributed by atoms with Crippen LogP contribution in [0.1, 0.15) is 53.4 Å². The van der Waals surface area contributed by atoms with Crippen molar-refractivity contribution in [3.05, 3.63) is 53.0 Å². The average Bonchev–Trinajstić information content (AvgIpc) is 2.81.